The Morgan fingerprint density at radius 2 is 2.03 bits per heavy atom. The molecule has 3 heterocycles. The van der Waals surface area contributed by atoms with E-state index in [2.05, 4.69) is 25.7 Å². The van der Waals surface area contributed by atoms with Crippen molar-refractivity contribution >= 4 is 23.7 Å². The van der Waals surface area contributed by atoms with Crippen LogP contribution in [0.2, 0.25) is 0 Å². The molecule has 11 heteroatoms. The number of nitrogens with zero attached hydrogens (tertiary/aromatic N) is 4. The number of amides is 2. The Kier molecular flexibility index (Phi) is 6.28. The first-order chi connectivity index (χ1) is 14.3. The number of rotatable bonds is 7. The van der Waals surface area contributed by atoms with Crippen molar-refractivity contribution in [1.29, 1.82) is 0 Å². The predicted molar refractivity (Wildman–Crippen MR) is 104 cm³/mol. The van der Waals surface area contributed by atoms with Gasteiger partial charge in [-0.25, -0.2) is 19.1 Å². The van der Waals surface area contributed by atoms with Gasteiger partial charge in [-0.05, 0) is 39.7 Å². The highest BCUT2D eigenvalue weighted by molar-refractivity contribution is 5.94. The summed E-state index contributed by atoms with van der Waals surface area (Å²) in [6.07, 6.45) is 1.94. The smallest absolute Gasteiger partial charge is 0.338 e. The number of urea groups is 1. The number of nitrogens with one attached hydrogen (secondary N) is 2. The van der Waals surface area contributed by atoms with E-state index in [0.717, 1.165) is 17.0 Å². The predicted octanol–water partition coefficient (Wildman–Crippen LogP) is 0.735. The van der Waals surface area contributed by atoms with Crippen molar-refractivity contribution in [2.45, 2.75) is 46.6 Å². The molecule has 0 fully saturated rings. The van der Waals surface area contributed by atoms with E-state index < -0.39 is 24.0 Å². The third-order valence-electron chi connectivity index (χ3n) is 4.81. The Labute approximate surface area is 172 Å². The van der Waals surface area contributed by atoms with Gasteiger partial charge in [0.15, 0.2) is 0 Å². The molecule has 2 N–H and O–H groups in total. The molecule has 0 bridgehead atoms. The summed E-state index contributed by atoms with van der Waals surface area (Å²) in [6, 6.07) is -1.03. The zero-order chi connectivity index (χ0) is 21.8. The van der Waals surface area contributed by atoms with Gasteiger partial charge in [0.05, 0.1) is 23.9 Å². The molecule has 3 rings (SSSR count). The summed E-state index contributed by atoms with van der Waals surface area (Å²) in [5.74, 6) is -0.531. The lowest BCUT2D eigenvalue weighted by Gasteiger charge is -2.26. The molecule has 2 aromatic heterocycles. The molecule has 0 saturated heterocycles. The summed E-state index contributed by atoms with van der Waals surface area (Å²) in [6.45, 7) is 7.05. The summed E-state index contributed by atoms with van der Waals surface area (Å²) in [7, 11) is 0. The van der Waals surface area contributed by atoms with E-state index in [1.807, 2.05) is 13.8 Å². The second kappa shape index (κ2) is 8.89. The van der Waals surface area contributed by atoms with Gasteiger partial charge in [-0.1, -0.05) is 0 Å². The number of aromatic nitrogens is 4. The van der Waals surface area contributed by atoms with Crippen LogP contribution in [-0.4, -0.2) is 56.8 Å². The maximum Gasteiger partial charge on any atom is 0.338 e. The van der Waals surface area contributed by atoms with Gasteiger partial charge in [0, 0.05) is 17.8 Å². The molecule has 11 nitrogen and oxygen atoms in total. The van der Waals surface area contributed by atoms with Crippen molar-refractivity contribution in [3.8, 4) is 0 Å². The standard InChI is InChI=1S/C19H24N6O5/c1-5-29-17(27)16-11(3)23-19(28)24-14(16)8-30-15(26)7-6-13-10(2)22-18-20-9-21-25(18)12(13)4/h9,11H,5-8H2,1-4H3,(H2,23,24,28). The fourth-order valence-corrected chi connectivity index (χ4v) is 3.36. The molecule has 1 aliphatic rings. The fourth-order valence-electron chi connectivity index (χ4n) is 3.36. The van der Waals surface area contributed by atoms with E-state index in [4.69, 9.17) is 9.47 Å². The number of ether oxygens (including phenoxy) is 2. The molecule has 160 valence electrons. The third-order valence-corrected chi connectivity index (χ3v) is 4.81. The van der Waals surface area contributed by atoms with Crippen molar-refractivity contribution in [3.05, 3.63) is 34.5 Å². The average Bonchev–Trinajstić information content (AvgIpc) is 3.14. The maximum absolute atomic E-state index is 12.3. The second-order valence-corrected chi connectivity index (χ2v) is 6.83. The molecule has 2 aromatic rings. The molecule has 0 aromatic carbocycles. The zero-order valence-corrected chi connectivity index (χ0v) is 17.3. The van der Waals surface area contributed by atoms with E-state index in [1.54, 1.807) is 18.4 Å². The number of carbonyl (C=O) groups excluding carboxylic acids is 3. The summed E-state index contributed by atoms with van der Waals surface area (Å²) in [5.41, 5.74) is 2.97. The second-order valence-electron chi connectivity index (χ2n) is 6.83. The molecule has 0 spiro atoms. The zero-order valence-electron chi connectivity index (χ0n) is 17.3. The Bertz CT molecular complexity index is 1030. The topological polar surface area (TPSA) is 137 Å². The quantitative estimate of drug-likeness (QED) is 0.631. The minimum Gasteiger partial charge on any atom is -0.463 e. The van der Waals surface area contributed by atoms with Crippen LogP contribution in [0, 0.1) is 13.8 Å². The van der Waals surface area contributed by atoms with Gasteiger partial charge in [0.1, 0.15) is 12.9 Å². The Balaban J connectivity index is 1.67. The largest absolute Gasteiger partial charge is 0.463 e. The van der Waals surface area contributed by atoms with Crippen LogP contribution < -0.4 is 10.6 Å². The minimum atomic E-state index is -0.568. The van der Waals surface area contributed by atoms with Gasteiger partial charge < -0.3 is 20.1 Å². The van der Waals surface area contributed by atoms with Crippen LogP contribution in [0.5, 0.6) is 0 Å². The molecule has 2 amide bonds. The van der Waals surface area contributed by atoms with E-state index in [9.17, 15) is 14.4 Å². The lowest BCUT2D eigenvalue weighted by Crippen LogP contribution is -2.50. The van der Waals surface area contributed by atoms with Gasteiger partial charge in [-0.15, -0.1) is 0 Å². The Morgan fingerprint density at radius 1 is 1.27 bits per heavy atom. The van der Waals surface area contributed by atoms with Gasteiger partial charge in [0.25, 0.3) is 5.78 Å². The van der Waals surface area contributed by atoms with Crippen LogP contribution in [-0.2, 0) is 25.5 Å². The summed E-state index contributed by atoms with van der Waals surface area (Å²) in [5, 5.41) is 9.24. The fraction of sp³-hybridized carbons (Fsp3) is 0.474. The molecule has 0 radical (unpaired) electrons. The van der Waals surface area contributed by atoms with Crippen LogP contribution in [0.25, 0.3) is 5.78 Å². The van der Waals surface area contributed by atoms with E-state index >= 15 is 0 Å². The minimum absolute atomic E-state index is 0.104. The normalized spacial score (nSPS) is 16.3. The van der Waals surface area contributed by atoms with Crippen LogP contribution in [0.3, 0.4) is 0 Å². The highest BCUT2D eigenvalue weighted by atomic mass is 16.5. The first-order valence-corrected chi connectivity index (χ1v) is 9.60. The van der Waals surface area contributed by atoms with Crippen LogP contribution >= 0.6 is 0 Å². The molecule has 1 unspecified atom stereocenters. The van der Waals surface area contributed by atoms with Crippen molar-refractivity contribution in [2.75, 3.05) is 13.2 Å². The molecule has 1 aliphatic heterocycles. The number of aryl methyl sites for hydroxylation is 2. The molecule has 1 atom stereocenters. The van der Waals surface area contributed by atoms with Gasteiger partial charge in [-0.2, -0.15) is 10.1 Å². The first-order valence-electron chi connectivity index (χ1n) is 9.60. The highest BCUT2D eigenvalue weighted by Crippen LogP contribution is 2.17. The number of carbonyl (C=O) groups is 3. The molecular weight excluding hydrogens is 392 g/mol. The van der Waals surface area contributed by atoms with E-state index in [-0.39, 0.29) is 30.9 Å². The lowest BCUT2D eigenvalue weighted by molar-refractivity contribution is -0.143. The van der Waals surface area contributed by atoms with Crippen molar-refractivity contribution in [1.82, 2.24) is 30.2 Å². The van der Waals surface area contributed by atoms with Gasteiger partial charge in [0.2, 0.25) is 0 Å². The van der Waals surface area contributed by atoms with Crippen molar-refractivity contribution < 1.29 is 23.9 Å². The number of hydrogen-bond donors (Lipinski definition) is 2. The van der Waals surface area contributed by atoms with E-state index in [0.29, 0.717) is 12.2 Å². The van der Waals surface area contributed by atoms with Crippen molar-refractivity contribution in [3.63, 3.8) is 0 Å². The van der Waals surface area contributed by atoms with Gasteiger partial charge >= 0.3 is 18.0 Å². The monoisotopic (exact) mass is 416 g/mol. The highest BCUT2D eigenvalue weighted by Gasteiger charge is 2.30. The Hall–Kier alpha value is -3.50. The molecule has 0 aliphatic carbocycles. The lowest BCUT2D eigenvalue weighted by atomic mass is 10.0. The SMILES string of the molecule is CCOC(=O)C1=C(COC(=O)CCc2c(C)nc3ncnn3c2C)NC(=O)NC1C. The molecular formula is C19H24N6O5. The van der Waals surface area contributed by atoms with Crippen molar-refractivity contribution in [2.24, 2.45) is 0 Å². The van der Waals surface area contributed by atoms with Crippen LogP contribution in [0.15, 0.2) is 17.6 Å². The summed E-state index contributed by atoms with van der Waals surface area (Å²) < 4.78 is 12.0. The summed E-state index contributed by atoms with van der Waals surface area (Å²) >= 11 is 0. The third kappa shape index (κ3) is 4.39. The summed E-state index contributed by atoms with van der Waals surface area (Å²) in [4.78, 5) is 44.7. The van der Waals surface area contributed by atoms with E-state index in [1.165, 1.54) is 6.33 Å². The number of esters is 2. The maximum atomic E-state index is 12.3. The number of fused-ring (bicyclic) bond motifs is 1. The Morgan fingerprint density at radius 3 is 2.77 bits per heavy atom. The first kappa shape index (κ1) is 21.2. The molecule has 0 saturated carbocycles. The average molecular weight is 416 g/mol. The molecule has 30 heavy (non-hydrogen) atoms. The number of hydrogen-bond acceptors (Lipinski definition) is 8. The van der Waals surface area contributed by atoms with Crippen LogP contribution in [0.1, 0.15) is 37.2 Å². The van der Waals surface area contributed by atoms with Gasteiger partial charge in [-0.3, -0.25) is 4.79 Å². The van der Waals surface area contributed by atoms with Crippen LogP contribution in [0.4, 0.5) is 4.79 Å².